The molecule has 5 rings (SSSR count). The minimum absolute atomic E-state index is 0.0265. The minimum atomic E-state index is -4.66. The Morgan fingerprint density at radius 1 is 1.11 bits per heavy atom. The average molecular weight is 544 g/mol. The summed E-state index contributed by atoms with van der Waals surface area (Å²) in [4.78, 5) is 34.0. The molecule has 1 aliphatic carbocycles. The van der Waals surface area contributed by atoms with Crippen molar-refractivity contribution in [2.45, 2.75) is 51.4 Å². The number of pyridine rings is 2. The normalized spacial score (nSPS) is 18.0. The number of nitrogens with one attached hydrogen (secondary N) is 1. The molecule has 38 heavy (non-hydrogen) atoms. The Morgan fingerprint density at radius 3 is 2.53 bits per heavy atom. The SMILES string of the molecule is Cc1ncc(Cl)cc1C(=O)N[C@H]1CC[C@H](Cn2c(=O)n(-c3ccncc3C(F)(F)F)c3ccccc32)CC1. The largest absolute Gasteiger partial charge is 0.419 e. The zero-order chi connectivity index (χ0) is 27.0. The van der Waals surface area contributed by atoms with Gasteiger partial charge in [0.15, 0.2) is 0 Å². The highest BCUT2D eigenvalue weighted by atomic mass is 35.5. The molecule has 0 spiro atoms. The van der Waals surface area contributed by atoms with Gasteiger partial charge in [-0.1, -0.05) is 23.7 Å². The zero-order valence-electron chi connectivity index (χ0n) is 20.5. The number of benzene rings is 1. The Morgan fingerprint density at radius 2 is 1.82 bits per heavy atom. The van der Waals surface area contributed by atoms with Crippen molar-refractivity contribution in [2.75, 3.05) is 0 Å². The molecule has 1 N–H and O–H groups in total. The molecular weight excluding hydrogens is 519 g/mol. The van der Waals surface area contributed by atoms with Gasteiger partial charge in [0.05, 0.1) is 38.6 Å². The summed E-state index contributed by atoms with van der Waals surface area (Å²) in [5.41, 5.74) is 0.272. The molecule has 7 nitrogen and oxygen atoms in total. The molecule has 1 saturated carbocycles. The smallest absolute Gasteiger partial charge is 0.349 e. The molecule has 0 saturated heterocycles. The van der Waals surface area contributed by atoms with Crippen LogP contribution in [0, 0.1) is 12.8 Å². The van der Waals surface area contributed by atoms with E-state index in [4.69, 9.17) is 11.6 Å². The van der Waals surface area contributed by atoms with Gasteiger partial charge >= 0.3 is 11.9 Å². The number of aryl methyl sites for hydroxylation is 1. The van der Waals surface area contributed by atoms with Gasteiger partial charge in [0.1, 0.15) is 0 Å². The van der Waals surface area contributed by atoms with Crippen LogP contribution in [0.15, 0.2) is 59.8 Å². The van der Waals surface area contributed by atoms with Crippen LogP contribution in [0.5, 0.6) is 0 Å². The first-order chi connectivity index (χ1) is 18.1. The Hall–Kier alpha value is -3.66. The molecule has 3 heterocycles. The number of rotatable bonds is 5. The molecule has 1 aromatic carbocycles. The fourth-order valence-electron chi connectivity index (χ4n) is 5.17. The lowest BCUT2D eigenvalue weighted by atomic mass is 9.85. The van der Waals surface area contributed by atoms with Crippen LogP contribution in [0.2, 0.25) is 5.02 Å². The van der Waals surface area contributed by atoms with Crippen molar-refractivity contribution in [3.8, 4) is 5.69 Å². The van der Waals surface area contributed by atoms with Crippen LogP contribution in [-0.4, -0.2) is 31.1 Å². The van der Waals surface area contributed by atoms with Gasteiger partial charge in [-0.15, -0.1) is 0 Å². The van der Waals surface area contributed by atoms with Gasteiger partial charge in [-0.2, -0.15) is 13.2 Å². The van der Waals surface area contributed by atoms with Gasteiger partial charge in [0.25, 0.3) is 5.91 Å². The van der Waals surface area contributed by atoms with Crippen LogP contribution in [0.3, 0.4) is 0 Å². The first kappa shape index (κ1) is 26.0. The number of halogens is 4. The molecule has 11 heteroatoms. The second-order valence-corrected chi connectivity index (χ2v) is 10.0. The summed E-state index contributed by atoms with van der Waals surface area (Å²) >= 11 is 5.99. The van der Waals surface area contributed by atoms with Gasteiger partial charge in [-0.05, 0) is 62.8 Å². The van der Waals surface area contributed by atoms with E-state index in [1.807, 2.05) is 0 Å². The molecule has 0 atom stereocenters. The molecule has 1 aliphatic rings. The second-order valence-electron chi connectivity index (χ2n) is 9.59. The number of hydrogen-bond acceptors (Lipinski definition) is 4. The Labute approximate surface area is 221 Å². The Bertz CT molecular complexity index is 1550. The summed E-state index contributed by atoms with van der Waals surface area (Å²) in [6.07, 6.45) is 1.79. The number of fused-ring (bicyclic) bond motifs is 1. The number of carbonyl (C=O) groups excluding carboxylic acids is 1. The average Bonchev–Trinajstić information content (AvgIpc) is 3.17. The zero-order valence-corrected chi connectivity index (χ0v) is 21.3. The van der Waals surface area contributed by atoms with Crippen molar-refractivity contribution in [1.82, 2.24) is 24.4 Å². The highest BCUT2D eigenvalue weighted by Gasteiger charge is 2.35. The van der Waals surface area contributed by atoms with Crippen molar-refractivity contribution in [3.63, 3.8) is 0 Å². The van der Waals surface area contributed by atoms with Gasteiger partial charge < -0.3 is 5.32 Å². The lowest BCUT2D eigenvalue weighted by Gasteiger charge is -2.29. The minimum Gasteiger partial charge on any atom is -0.349 e. The van der Waals surface area contributed by atoms with Gasteiger partial charge in [0, 0.05) is 31.2 Å². The summed E-state index contributed by atoms with van der Waals surface area (Å²) in [5.74, 6) is -0.0905. The summed E-state index contributed by atoms with van der Waals surface area (Å²) < 4.78 is 43.8. The van der Waals surface area contributed by atoms with Crippen LogP contribution in [-0.2, 0) is 12.7 Å². The van der Waals surface area contributed by atoms with E-state index in [0.717, 1.165) is 36.4 Å². The van der Waals surface area contributed by atoms with Crippen LogP contribution >= 0.6 is 11.6 Å². The van der Waals surface area contributed by atoms with E-state index in [0.29, 0.717) is 33.9 Å². The molecule has 3 aromatic heterocycles. The lowest BCUT2D eigenvalue weighted by Crippen LogP contribution is -2.39. The van der Waals surface area contributed by atoms with Gasteiger partial charge in [0.2, 0.25) is 0 Å². The first-order valence-electron chi connectivity index (χ1n) is 12.3. The molecule has 1 fully saturated rings. The third kappa shape index (κ3) is 5.05. The van der Waals surface area contributed by atoms with E-state index in [2.05, 4.69) is 15.3 Å². The van der Waals surface area contributed by atoms with E-state index in [9.17, 15) is 22.8 Å². The monoisotopic (exact) mass is 543 g/mol. The number of para-hydroxylation sites is 2. The molecule has 198 valence electrons. The van der Waals surface area contributed by atoms with Crippen molar-refractivity contribution in [1.29, 1.82) is 0 Å². The lowest BCUT2D eigenvalue weighted by molar-refractivity contribution is -0.137. The van der Waals surface area contributed by atoms with E-state index >= 15 is 0 Å². The third-order valence-electron chi connectivity index (χ3n) is 7.10. The Kier molecular flexibility index (Phi) is 7.00. The van der Waals surface area contributed by atoms with Crippen LogP contribution in [0.25, 0.3) is 16.7 Å². The quantitative estimate of drug-likeness (QED) is 0.358. The molecule has 0 aliphatic heterocycles. The molecule has 0 unspecified atom stereocenters. The number of alkyl halides is 3. The predicted octanol–water partition coefficient (Wildman–Crippen LogP) is 5.55. The number of aromatic nitrogens is 4. The predicted molar refractivity (Wildman–Crippen MR) is 138 cm³/mol. The topological polar surface area (TPSA) is 81.8 Å². The van der Waals surface area contributed by atoms with Crippen molar-refractivity contribution in [2.24, 2.45) is 5.92 Å². The maximum absolute atomic E-state index is 13.7. The van der Waals surface area contributed by atoms with Crippen molar-refractivity contribution < 1.29 is 18.0 Å². The van der Waals surface area contributed by atoms with E-state index in [-0.39, 0.29) is 23.6 Å². The standard InChI is InChI=1S/C27H25ClF3N5O2/c1-16-20(12-18(28)13-33-16)25(37)34-19-8-6-17(7-9-19)15-35-23-4-2-3-5-24(23)36(26(35)38)22-10-11-32-14-21(22)27(29,30)31/h2-5,10-14,17,19H,6-9,15H2,1H3,(H,34,37)/t17-,19-. The van der Waals surface area contributed by atoms with Crippen LogP contribution in [0.4, 0.5) is 13.2 Å². The van der Waals surface area contributed by atoms with Gasteiger partial charge in [-0.3, -0.25) is 23.9 Å². The van der Waals surface area contributed by atoms with Crippen molar-refractivity contribution in [3.05, 3.63) is 87.3 Å². The molecular formula is C27H25ClF3N5O2. The van der Waals surface area contributed by atoms with E-state index in [1.54, 1.807) is 41.8 Å². The summed E-state index contributed by atoms with van der Waals surface area (Å²) in [5, 5.41) is 3.44. The van der Waals surface area contributed by atoms with E-state index < -0.39 is 17.4 Å². The number of amides is 1. The molecule has 0 bridgehead atoms. The molecule has 1 amide bonds. The van der Waals surface area contributed by atoms with Gasteiger partial charge in [-0.25, -0.2) is 4.79 Å². The van der Waals surface area contributed by atoms with Crippen LogP contribution < -0.4 is 11.0 Å². The third-order valence-corrected chi connectivity index (χ3v) is 7.31. The molecule has 4 aromatic rings. The fourth-order valence-corrected chi connectivity index (χ4v) is 5.32. The number of hydrogen-bond donors (Lipinski definition) is 1. The maximum Gasteiger partial charge on any atom is 0.419 e. The van der Waals surface area contributed by atoms with Crippen molar-refractivity contribution >= 4 is 28.5 Å². The highest BCUT2D eigenvalue weighted by Crippen LogP contribution is 2.34. The number of nitrogens with zero attached hydrogens (tertiary/aromatic N) is 4. The Balaban J connectivity index is 1.35. The summed E-state index contributed by atoms with van der Waals surface area (Å²) in [7, 11) is 0. The number of carbonyl (C=O) groups is 1. The summed E-state index contributed by atoms with van der Waals surface area (Å²) in [6, 6.07) is 9.64. The fraction of sp³-hybridized carbons (Fsp3) is 0.333. The summed E-state index contributed by atoms with van der Waals surface area (Å²) in [6.45, 7) is 2.12. The van der Waals surface area contributed by atoms with Crippen LogP contribution in [0.1, 0.15) is 47.3 Å². The first-order valence-corrected chi connectivity index (χ1v) is 12.7. The number of imidazole rings is 1. The maximum atomic E-state index is 13.7. The molecule has 0 radical (unpaired) electrons. The highest BCUT2D eigenvalue weighted by molar-refractivity contribution is 6.30. The second kappa shape index (κ2) is 10.2. The van der Waals surface area contributed by atoms with E-state index in [1.165, 1.54) is 18.5 Å².